The van der Waals surface area contributed by atoms with E-state index in [1.807, 2.05) is 19.1 Å². The van der Waals surface area contributed by atoms with E-state index < -0.39 is 29.7 Å². The number of carbonyl (C=O) groups is 4. The molecule has 1 saturated heterocycles. The van der Waals surface area contributed by atoms with E-state index in [1.165, 1.54) is 18.5 Å². The van der Waals surface area contributed by atoms with Crippen LogP contribution in [0, 0.1) is 0 Å². The Hall–Kier alpha value is -4.53. The van der Waals surface area contributed by atoms with Crippen LogP contribution in [0.1, 0.15) is 34.8 Å². The number of hydrogen-bond donors (Lipinski definition) is 1. The lowest BCUT2D eigenvalue weighted by atomic mass is 10.1. The lowest BCUT2D eigenvalue weighted by molar-refractivity contribution is -0.140. The highest BCUT2D eigenvalue weighted by Gasteiger charge is 2.45. The van der Waals surface area contributed by atoms with Crippen molar-refractivity contribution in [3.63, 3.8) is 0 Å². The van der Waals surface area contributed by atoms with E-state index in [2.05, 4.69) is 10.4 Å². The van der Waals surface area contributed by atoms with E-state index >= 15 is 0 Å². The Labute approximate surface area is 208 Å². The van der Waals surface area contributed by atoms with Gasteiger partial charge in [0.15, 0.2) is 0 Å². The molecule has 2 aromatic carbocycles. The van der Waals surface area contributed by atoms with Crippen molar-refractivity contribution in [2.24, 2.45) is 0 Å². The number of benzene rings is 2. The highest BCUT2D eigenvalue weighted by atomic mass is 16.5. The van der Waals surface area contributed by atoms with E-state index in [9.17, 15) is 19.2 Å². The Balaban J connectivity index is 1.61. The van der Waals surface area contributed by atoms with E-state index in [1.54, 1.807) is 49.6 Å². The lowest BCUT2D eigenvalue weighted by Crippen LogP contribution is -2.55. The van der Waals surface area contributed by atoms with E-state index in [0.717, 1.165) is 21.9 Å². The molecule has 9 heteroatoms. The van der Waals surface area contributed by atoms with E-state index in [4.69, 9.17) is 4.74 Å². The van der Waals surface area contributed by atoms with Gasteiger partial charge in [-0.15, -0.1) is 0 Å². The van der Waals surface area contributed by atoms with E-state index in [0.29, 0.717) is 17.0 Å². The van der Waals surface area contributed by atoms with Crippen LogP contribution in [-0.4, -0.2) is 46.8 Å². The number of aryl methyl sites for hydroxylation is 1. The largest absolute Gasteiger partial charge is 0.497 e. The fraction of sp³-hybridized carbons (Fsp3) is 0.222. The van der Waals surface area contributed by atoms with Gasteiger partial charge in [-0.1, -0.05) is 31.2 Å². The molecule has 1 atom stereocenters. The average molecular weight is 487 g/mol. The number of ether oxygens (including phenoxy) is 1. The summed E-state index contributed by atoms with van der Waals surface area (Å²) in [6, 6.07) is 15.9. The van der Waals surface area contributed by atoms with Crippen LogP contribution >= 0.6 is 0 Å². The maximum absolute atomic E-state index is 13.4. The number of methoxy groups -OCH3 is 1. The molecule has 36 heavy (non-hydrogen) atoms. The SMILES string of the molecule is CCc1ccc(N2C(=O)CC(N(NC(=O)c3cccnc3)C(=O)Cc3ccc(OC)cc3)C2=O)cc1. The van der Waals surface area contributed by atoms with Crippen molar-refractivity contribution in [3.05, 3.63) is 89.7 Å². The third-order valence-electron chi connectivity index (χ3n) is 5.97. The minimum Gasteiger partial charge on any atom is -0.497 e. The van der Waals surface area contributed by atoms with Crippen LogP contribution in [0.2, 0.25) is 0 Å². The number of anilines is 1. The van der Waals surface area contributed by atoms with Gasteiger partial charge >= 0.3 is 0 Å². The van der Waals surface area contributed by atoms with Crippen molar-refractivity contribution in [1.82, 2.24) is 15.4 Å². The molecule has 0 aliphatic carbocycles. The molecule has 4 rings (SSSR count). The number of aromatic nitrogens is 1. The first kappa shape index (κ1) is 24.6. The molecule has 1 unspecified atom stereocenters. The number of hydrazine groups is 1. The number of imide groups is 1. The van der Waals surface area contributed by atoms with Crippen LogP contribution in [0.25, 0.3) is 0 Å². The van der Waals surface area contributed by atoms with Gasteiger partial charge in [0.1, 0.15) is 11.8 Å². The smallest absolute Gasteiger partial charge is 0.271 e. The standard InChI is InChI=1S/C27H26N4O5/c1-3-18-6-10-21(11-7-18)30-24(32)16-23(27(30)35)31(29-26(34)20-5-4-14-28-17-20)25(33)15-19-8-12-22(36-2)13-9-19/h4-14,17,23H,3,15-16H2,1-2H3,(H,29,34). The Kier molecular flexibility index (Phi) is 7.39. The monoisotopic (exact) mass is 486 g/mol. The molecule has 0 radical (unpaired) electrons. The second kappa shape index (κ2) is 10.8. The number of nitrogens with zero attached hydrogens (tertiary/aromatic N) is 3. The van der Waals surface area contributed by atoms with Gasteiger partial charge in [0.2, 0.25) is 11.8 Å². The molecule has 2 heterocycles. The Morgan fingerprint density at radius 2 is 1.75 bits per heavy atom. The number of hydrogen-bond acceptors (Lipinski definition) is 6. The summed E-state index contributed by atoms with van der Waals surface area (Å²) in [5.41, 5.74) is 4.90. The topological polar surface area (TPSA) is 109 Å². The fourth-order valence-corrected chi connectivity index (χ4v) is 3.96. The van der Waals surface area contributed by atoms with Crippen LogP contribution in [-0.2, 0) is 27.2 Å². The minimum atomic E-state index is -1.19. The van der Waals surface area contributed by atoms with Crippen LogP contribution in [0.3, 0.4) is 0 Å². The first-order valence-electron chi connectivity index (χ1n) is 11.5. The van der Waals surface area contributed by atoms with Gasteiger partial charge in [-0.25, -0.2) is 9.91 Å². The van der Waals surface area contributed by atoms with Gasteiger partial charge in [0, 0.05) is 12.4 Å². The molecule has 0 saturated carbocycles. The van der Waals surface area contributed by atoms with Gasteiger partial charge in [-0.3, -0.25) is 29.6 Å². The summed E-state index contributed by atoms with van der Waals surface area (Å²) < 4.78 is 5.15. The van der Waals surface area contributed by atoms with Crippen molar-refractivity contribution in [1.29, 1.82) is 0 Å². The zero-order chi connectivity index (χ0) is 25.7. The Morgan fingerprint density at radius 1 is 1.06 bits per heavy atom. The quantitative estimate of drug-likeness (QED) is 0.406. The number of rotatable bonds is 7. The fourth-order valence-electron chi connectivity index (χ4n) is 3.96. The number of carbonyl (C=O) groups excluding carboxylic acids is 4. The maximum Gasteiger partial charge on any atom is 0.271 e. The molecule has 0 spiro atoms. The second-order valence-electron chi connectivity index (χ2n) is 8.28. The van der Waals surface area contributed by atoms with Crippen LogP contribution in [0.5, 0.6) is 5.75 Å². The summed E-state index contributed by atoms with van der Waals surface area (Å²) in [7, 11) is 1.54. The summed E-state index contributed by atoms with van der Waals surface area (Å²) in [6.45, 7) is 2.01. The number of pyridine rings is 1. The first-order chi connectivity index (χ1) is 17.4. The zero-order valence-electron chi connectivity index (χ0n) is 20.0. The third kappa shape index (κ3) is 5.25. The predicted octanol–water partition coefficient (Wildman–Crippen LogP) is 2.70. The maximum atomic E-state index is 13.4. The molecular formula is C27H26N4O5. The molecule has 0 bridgehead atoms. The zero-order valence-corrected chi connectivity index (χ0v) is 20.0. The van der Waals surface area contributed by atoms with Crippen molar-refractivity contribution >= 4 is 29.3 Å². The van der Waals surface area contributed by atoms with Crippen molar-refractivity contribution in [3.8, 4) is 5.75 Å². The van der Waals surface area contributed by atoms with Crippen molar-refractivity contribution < 1.29 is 23.9 Å². The van der Waals surface area contributed by atoms with E-state index in [-0.39, 0.29) is 18.4 Å². The van der Waals surface area contributed by atoms with Gasteiger partial charge in [-0.05, 0) is 53.9 Å². The first-order valence-corrected chi connectivity index (χ1v) is 11.5. The molecule has 4 amide bonds. The molecule has 9 nitrogen and oxygen atoms in total. The highest BCUT2D eigenvalue weighted by molar-refractivity contribution is 6.23. The van der Waals surface area contributed by atoms with Gasteiger partial charge < -0.3 is 4.74 Å². The summed E-state index contributed by atoms with van der Waals surface area (Å²) in [4.78, 5) is 57.6. The third-order valence-corrected chi connectivity index (χ3v) is 5.97. The van der Waals surface area contributed by atoms with Gasteiger partial charge in [-0.2, -0.15) is 0 Å². The van der Waals surface area contributed by atoms with Crippen molar-refractivity contribution in [2.45, 2.75) is 32.2 Å². The molecule has 3 aromatic rings. The number of nitrogens with one attached hydrogen (secondary N) is 1. The normalized spacial score (nSPS) is 15.1. The number of amides is 4. The van der Waals surface area contributed by atoms with Crippen LogP contribution in [0.15, 0.2) is 73.1 Å². The molecule has 1 aromatic heterocycles. The van der Waals surface area contributed by atoms with Gasteiger partial charge in [0.05, 0.1) is 31.2 Å². The van der Waals surface area contributed by atoms with Crippen LogP contribution in [0.4, 0.5) is 5.69 Å². The minimum absolute atomic E-state index is 0.0967. The molecule has 184 valence electrons. The Morgan fingerprint density at radius 3 is 2.36 bits per heavy atom. The summed E-state index contributed by atoms with van der Waals surface area (Å²) >= 11 is 0. The predicted molar refractivity (Wildman–Crippen MR) is 132 cm³/mol. The second-order valence-corrected chi connectivity index (χ2v) is 8.28. The van der Waals surface area contributed by atoms with Crippen molar-refractivity contribution in [2.75, 3.05) is 12.0 Å². The average Bonchev–Trinajstić information content (AvgIpc) is 3.21. The molecule has 1 aliphatic rings. The highest BCUT2D eigenvalue weighted by Crippen LogP contribution is 2.26. The van der Waals surface area contributed by atoms with Crippen LogP contribution < -0.4 is 15.1 Å². The molecule has 1 fully saturated rings. The molecule has 1 N–H and O–H groups in total. The lowest BCUT2D eigenvalue weighted by Gasteiger charge is -2.28. The Bertz CT molecular complexity index is 1260. The summed E-state index contributed by atoms with van der Waals surface area (Å²) in [5, 5.41) is 0.972. The summed E-state index contributed by atoms with van der Waals surface area (Å²) in [5.74, 6) is -1.55. The summed E-state index contributed by atoms with van der Waals surface area (Å²) in [6.07, 6.45) is 3.34. The molecular weight excluding hydrogens is 460 g/mol. The molecule has 1 aliphatic heterocycles. The van der Waals surface area contributed by atoms with Gasteiger partial charge in [0.25, 0.3) is 11.8 Å².